The molecular formula is C18H12F3N3O. The van der Waals surface area contributed by atoms with Crippen LogP contribution < -0.4 is 5.43 Å². The fourth-order valence-corrected chi connectivity index (χ4v) is 2.17. The normalized spacial score (nSPS) is 11.8. The molecule has 1 heterocycles. The molecule has 0 fully saturated rings. The molecule has 0 aliphatic carbocycles. The van der Waals surface area contributed by atoms with E-state index in [1.165, 1.54) is 18.3 Å². The van der Waals surface area contributed by atoms with Crippen LogP contribution in [0.25, 0.3) is 10.9 Å². The summed E-state index contributed by atoms with van der Waals surface area (Å²) in [6, 6.07) is 15.2. The molecule has 1 aromatic heterocycles. The number of hydrogen-bond acceptors (Lipinski definition) is 3. The molecule has 1 amide bonds. The van der Waals surface area contributed by atoms with Crippen molar-refractivity contribution in [2.75, 3.05) is 0 Å². The number of rotatable bonds is 3. The molecule has 0 radical (unpaired) electrons. The number of para-hydroxylation sites is 1. The summed E-state index contributed by atoms with van der Waals surface area (Å²) in [6.45, 7) is 0. The van der Waals surface area contributed by atoms with Gasteiger partial charge in [0.15, 0.2) is 0 Å². The fourth-order valence-electron chi connectivity index (χ4n) is 2.17. The first kappa shape index (κ1) is 16.6. The smallest absolute Gasteiger partial charge is 0.266 e. The Morgan fingerprint density at radius 1 is 1.00 bits per heavy atom. The topological polar surface area (TPSA) is 54.4 Å². The second-order valence-electron chi connectivity index (χ2n) is 5.21. The number of hydrogen-bond donors (Lipinski definition) is 1. The van der Waals surface area contributed by atoms with Crippen molar-refractivity contribution >= 4 is 23.0 Å². The molecule has 2 aromatic carbocycles. The quantitative estimate of drug-likeness (QED) is 0.577. The highest BCUT2D eigenvalue weighted by molar-refractivity contribution is 5.95. The molecule has 0 aliphatic heterocycles. The average molecular weight is 343 g/mol. The van der Waals surface area contributed by atoms with E-state index in [1.54, 1.807) is 18.2 Å². The monoisotopic (exact) mass is 343 g/mol. The Balaban J connectivity index is 1.67. The number of aromatic nitrogens is 1. The average Bonchev–Trinajstić information content (AvgIpc) is 2.61. The third-order valence-corrected chi connectivity index (χ3v) is 3.45. The van der Waals surface area contributed by atoms with Crippen LogP contribution in [0.5, 0.6) is 0 Å². The first-order chi connectivity index (χ1) is 11.9. The molecule has 0 aliphatic rings. The molecule has 25 heavy (non-hydrogen) atoms. The Bertz CT molecular complexity index is 934. The SMILES string of the molecule is O=C(N/N=C\c1ccc(C(F)(F)F)cc1)c1ccc2ccccc2n1. The Hall–Kier alpha value is -3.22. The number of amides is 1. The van der Waals surface area contributed by atoms with E-state index < -0.39 is 17.6 Å². The second-order valence-corrected chi connectivity index (χ2v) is 5.21. The third-order valence-electron chi connectivity index (χ3n) is 3.45. The number of carbonyl (C=O) groups is 1. The summed E-state index contributed by atoms with van der Waals surface area (Å²) in [5.41, 5.74) is 2.87. The number of nitrogens with zero attached hydrogens (tertiary/aromatic N) is 2. The van der Waals surface area contributed by atoms with Crippen molar-refractivity contribution in [2.24, 2.45) is 5.10 Å². The van der Waals surface area contributed by atoms with Crippen molar-refractivity contribution in [1.82, 2.24) is 10.4 Å². The zero-order chi connectivity index (χ0) is 17.9. The molecule has 0 atom stereocenters. The summed E-state index contributed by atoms with van der Waals surface area (Å²) in [4.78, 5) is 16.3. The summed E-state index contributed by atoms with van der Waals surface area (Å²) in [6.07, 6.45) is -3.12. The number of carbonyl (C=O) groups excluding carboxylic acids is 1. The Labute approximate surface area is 141 Å². The maximum Gasteiger partial charge on any atom is 0.416 e. The maximum atomic E-state index is 12.5. The Morgan fingerprint density at radius 3 is 2.44 bits per heavy atom. The lowest BCUT2D eigenvalue weighted by molar-refractivity contribution is -0.137. The maximum absolute atomic E-state index is 12.5. The van der Waals surface area contributed by atoms with Gasteiger partial charge in [-0.05, 0) is 29.8 Å². The van der Waals surface area contributed by atoms with E-state index in [0.29, 0.717) is 11.1 Å². The summed E-state index contributed by atoms with van der Waals surface area (Å²) in [5.74, 6) is -0.506. The van der Waals surface area contributed by atoms with Crippen LogP contribution in [0, 0.1) is 0 Å². The van der Waals surface area contributed by atoms with Crippen LogP contribution in [0.2, 0.25) is 0 Å². The molecule has 1 N–H and O–H groups in total. The van der Waals surface area contributed by atoms with E-state index in [0.717, 1.165) is 17.5 Å². The summed E-state index contributed by atoms with van der Waals surface area (Å²) in [5, 5.41) is 4.65. The van der Waals surface area contributed by atoms with E-state index in [4.69, 9.17) is 0 Å². The van der Waals surface area contributed by atoms with Crippen molar-refractivity contribution in [3.05, 3.63) is 77.5 Å². The van der Waals surface area contributed by atoms with Crippen LogP contribution in [-0.2, 0) is 6.18 Å². The van der Waals surface area contributed by atoms with Crippen LogP contribution >= 0.6 is 0 Å². The summed E-state index contributed by atoms with van der Waals surface area (Å²) < 4.78 is 37.4. The molecular weight excluding hydrogens is 331 g/mol. The van der Waals surface area contributed by atoms with Crippen molar-refractivity contribution in [2.45, 2.75) is 6.18 Å². The zero-order valence-corrected chi connectivity index (χ0v) is 12.8. The van der Waals surface area contributed by atoms with Gasteiger partial charge in [0, 0.05) is 5.39 Å². The predicted octanol–water partition coefficient (Wildman–Crippen LogP) is 4.02. The first-order valence-electron chi connectivity index (χ1n) is 7.30. The van der Waals surface area contributed by atoms with Gasteiger partial charge in [-0.25, -0.2) is 10.4 Å². The van der Waals surface area contributed by atoms with E-state index >= 15 is 0 Å². The van der Waals surface area contributed by atoms with Crippen LogP contribution in [0.1, 0.15) is 21.6 Å². The second kappa shape index (κ2) is 6.72. The van der Waals surface area contributed by atoms with Crippen LogP contribution in [0.3, 0.4) is 0 Å². The van der Waals surface area contributed by atoms with Gasteiger partial charge in [-0.1, -0.05) is 36.4 Å². The van der Waals surface area contributed by atoms with Gasteiger partial charge in [0.05, 0.1) is 17.3 Å². The van der Waals surface area contributed by atoms with Crippen LogP contribution in [-0.4, -0.2) is 17.1 Å². The standard InChI is InChI=1S/C18H12F3N3O/c19-18(20,21)14-8-5-12(6-9-14)11-22-24-17(25)16-10-7-13-3-1-2-4-15(13)23-16/h1-11H,(H,24,25)/b22-11-. The molecule has 3 aromatic rings. The number of benzene rings is 2. The third kappa shape index (κ3) is 4.00. The molecule has 0 saturated carbocycles. The van der Waals surface area contributed by atoms with E-state index in [1.807, 2.05) is 18.2 Å². The van der Waals surface area contributed by atoms with Crippen molar-refractivity contribution < 1.29 is 18.0 Å². The fraction of sp³-hybridized carbons (Fsp3) is 0.0556. The van der Waals surface area contributed by atoms with Gasteiger partial charge in [0.25, 0.3) is 5.91 Å². The zero-order valence-electron chi connectivity index (χ0n) is 12.8. The largest absolute Gasteiger partial charge is 0.416 e. The highest BCUT2D eigenvalue weighted by Crippen LogP contribution is 2.28. The molecule has 7 heteroatoms. The van der Waals surface area contributed by atoms with E-state index in [-0.39, 0.29) is 5.69 Å². The molecule has 0 bridgehead atoms. The highest BCUT2D eigenvalue weighted by atomic mass is 19.4. The van der Waals surface area contributed by atoms with Gasteiger partial charge in [-0.3, -0.25) is 4.79 Å². The Kier molecular flexibility index (Phi) is 4.47. The summed E-state index contributed by atoms with van der Waals surface area (Å²) in [7, 11) is 0. The Morgan fingerprint density at radius 2 is 1.72 bits per heavy atom. The summed E-state index contributed by atoms with van der Waals surface area (Å²) >= 11 is 0. The van der Waals surface area contributed by atoms with Crippen LogP contribution in [0.15, 0.2) is 65.8 Å². The molecule has 0 spiro atoms. The number of fused-ring (bicyclic) bond motifs is 1. The number of pyridine rings is 1. The lowest BCUT2D eigenvalue weighted by Gasteiger charge is -2.05. The number of halogens is 3. The minimum Gasteiger partial charge on any atom is -0.266 e. The molecule has 0 unspecified atom stereocenters. The van der Waals surface area contributed by atoms with Crippen molar-refractivity contribution in [1.29, 1.82) is 0 Å². The van der Waals surface area contributed by atoms with Crippen LogP contribution in [0.4, 0.5) is 13.2 Å². The van der Waals surface area contributed by atoms with E-state index in [2.05, 4.69) is 15.5 Å². The van der Waals surface area contributed by atoms with Gasteiger partial charge in [0.2, 0.25) is 0 Å². The highest BCUT2D eigenvalue weighted by Gasteiger charge is 2.29. The molecule has 0 saturated heterocycles. The number of nitrogens with one attached hydrogen (secondary N) is 1. The van der Waals surface area contributed by atoms with Gasteiger partial charge in [-0.2, -0.15) is 18.3 Å². The van der Waals surface area contributed by atoms with Gasteiger partial charge in [-0.15, -0.1) is 0 Å². The predicted molar refractivity (Wildman–Crippen MR) is 88.2 cm³/mol. The van der Waals surface area contributed by atoms with Crippen molar-refractivity contribution in [3.8, 4) is 0 Å². The lowest BCUT2D eigenvalue weighted by atomic mass is 10.1. The molecule has 126 valence electrons. The first-order valence-corrected chi connectivity index (χ1v) is 7.30. The van der Waals surface area contributed by atoms with Gasteiger partial charge >= 0.3 is 6.18 Å². The minimum atomic E-state index is -4.38. The van der Waals surface area contributed by atoms with E-state index in [9.17, 15) is 18.0 Å². The minimum absolute atomic E-state index is 0.197. The molecule has 3 rings (SSSR count). The van der Waals surface area contributed by atoms with Gasteiger partial charge < -0.3 is 0 Å². The molecule has 4 nitrogen and oxygen atoms in total. The van der Waals surface area contributed by atoms with Gasteiger partial charge in [0.1, 0.15) is 5.69 Å². The number of alkyl halides is 3. The number of hydrazone groups is 1. The van der Waals surface area contributed by atoms with Crippen molar-refractivity contribution in [3.63, 3.8) is 0 Å². The lowest BCUT2D eigenvalue weighted by Crippen LogP contribution is -2.18.